The molecular weight excluding hydrogens is 502 g/mol. The molecule has 0 saturated heterocycles. The van der Waals surface area contributed by atoms with Gasteiger partial charge in [-0.25, -0.2) is 0 Å². The summed E-state index contributed by atoms with van der Waals surface area (Å²) < 4.78 is 24.6. The first-order valence-corrected chi connectivity index (χ1v) is 12.5. The van der Waals surface area contributed by atoms with Crippen molar-refractivity contribution >= 4 is 40.0 Å². The lowest BCUT2D eigenvalue weighted by Gasteiger charge is -2.12. The summed E-state index contributed by atoms with van der Waals surface area (Å²) in [5.74, 6) is 2.53. The topological polar surface area (TPSA) is 88.1 Å². The van der Waals surface area contributed by atoms with Crippen molar-refractivity contribution in [1.29, 1.82) is 0 Å². The Bertz CT molecular complexity index is 1580. The number of fused-ring (bicyclic) bond motifs is 2. The number of rotatable bonds is 9. The van der Waals surface area contributed by atoms with Crippen molar-refractivity contribution in [2.75, 3.05) is 26.6 Å². The predicted octanol–water partition coefficient (Wildman–Crippen LogP) is 5.73. The molecule has 0 N–H and O–H groups in total. The highest BCUT2D eigenvalue weighted by atomic mass is 35.5. The van der Waals surface area contributed by atoms with Crippen LogP contribution in [0, 0.1) is 0 Å². The van der Waals surface area contributed by atoms with Gasteiger partial charge in [0.05, 0.1) is 31.2 Å². The van der Waals surface area contributed by atoms with Gasteiger partial charge in [0.15, 0.2) is 16.6 Å². The third-order valence-corrected chi connectivity index (χ3v) is 6.86. The summed E-state index contributed by atoms with van der Waals surface area (Å²) in [7, 11) is 3.16. The van der Waals surface area contributed by atoms with Crippen molar-refractivity contribution in [2.24, 2.45) is 0 Å². The summed E-state index contributed by atoms with van der Waals surface area (Å²) in [6.07, 6.45) is 2.54. The number of hydrogen-bond donors (Lipinski definition) is 0. The summed E-state index contributed by atoms with van der Waals surface area (Å²) >= 11 is 7.71. The number of methoxy groups -OCH3 is 2. The van der Waals surface area contributed by atoms with E-state index in [4.69, 9.17) is 30.2 Å². The molecule has 0 amide bonds. The van der Waals surface area contributed by atoms with E-state index in [1.165, 1.54) is 11.8 Å². The van der Waals surface area contributed by atoms with Gasteiger partial charge in [-0.2, -0.15) is 0 Å². The van der Waals surface area contributed by atoms with Crippen LogP contribution in [-0.2, 0) is 0 Å². The average molecular weight is 524 g/mol. The standard InChI is InChI=1S/C26H22ClN3O5S/c1-32-17-8-6-16(7-9-17)23-24(22(31)19-11-10-18(33-2)15-21(19)35-23)34-13-4-14-36-26-29-28-25-20(27)5-3-12-30(25)26/h3,5-12,15H,4,13-14H2,1-2H3. The molecule has 0 aliphatic rings. The number of thioether (sulfide) groups is 1. The summed E-state index contributed by atoms with van der Waals surface area (Å²) in [4.78, 5) is 13.4. The van der Waals surface area contributed by atoms with Crippen LogP contribution in [0.1, 0.15) is 6.42 Å². The van der Waals surface area contributed by atoms with Crippen LogP contribution in [0.4, 0.5) is 0 Å². The molecule has 5 aromatic rings. The SMILES string of the molecule is COc1ccc(-c2oc3cc(OC)ccc3c(=O)c2OCCCSc2nnc3c(Cl)cccn23)cc1. The minimum atomic E-state index is -0.240. The zero-order valence-electron chi connectivity index (χ0n) is 19.6. The average Bonchev–Trinajstić information content (AvgIpc) is 3.33. The first-order chi connectivity index (χ1) is 17.6. The van der Waals surface area contributed by atoms with Gasteiger partial charge in [-0.3, -0.25) is 9.20 Å². The normalized spacial score (nSPS) is 11.2. The van der Waals surface area contributed by atoms with Crippen LogP contribution in [0.15, 0.2) is 75.2 Å². The fourth-order valence-corrected chi connectivity index (χ4v) is 4.74. The fraction of sp³-hybridized carbons (Fsp3) is 0.192. The number of pyridine rings is 1. The van der Waals surface area contributed by atoms with Crippen molar-refractivity contribution < 1.29 is 18.6 Å². The lowest BCUT2D eigenvalue weighted by Crippen LogP contribution is -2.11. The Balaban J connectivity index is 1.37. The monoisotopic (exact) mass is 523 g/mol. The van der Waals surface area contributed by atoms with E-state index in [0.29, 0.717) is 63.2 Å². The molecule has 36 heavy (non-hydrogen) atoms. The molecule has 8 nitrogen and oxygen atoms in total. The minimum Gasteiger partial charge on any atom is -0.497 e. The molecule has 3 heterocycles. The van der Waals surface area contributed by atoms with Gasteiger partial charge < -0.3 is 18.6 Å². The number of halogens is 1. The Morgan fingerprint density at radius 3 is 2.58 bits per heavy atom. The highest BCUT2D eigenvalue weighted by Gasteiger charge is 2.18. The molecule has 0 aliphatic heterocycles. The molecule has 0 aliphatic carbocycles. The van der Waals surface area contributed by atoms with Gasteiger partial charge in [-0.1, -0.05) is 23.4 Å². The van der Waals surface area contributed by atoms with E-state index in [-0.39, 0.29) is 11.2 Å². The quantitative estimate of drug-likeness (QED) is 0.179. The minimum absolute atomic E-state index is 0.169. The van der Waals surface area contributed by atoms with Gasteiger partial charge in [0.2, 0.25) is 11.2 Å². The third kappa shape index (κ3) is 4.72. The van der Waals surface area contributed by atoms with Gasteiger partial charge >= 0.3 is 0 Å². The zero-order valence-corrected chi connectivity index (χ0v) is 21.1. The molecule has 0 spiro atoms. The van der Waals surface area contributed by atoms with Crippen LogP contribution in [0.2, 0.25) is 5.02 Å². The van der Waals surface area contributed by atoms with Crippen LogP contribution in [-0.4, -0.2) is 41.2 Å². The van der Waals surface area contributed by atoms with Crippen molar-refractivity contribution in [3.63, 3.8) is 0 Å². The second kappa shape index (κ2) is 10.5. The molecule has 3 aromatic heterocycles. The second-order valence-electron chi connectivity index (χ2n) is 7.76. The molecule has 0 saturated carbocycles. The van der Waals surface area contributed by atoms with Crippen molar-refractivity contribution in [3.05, 3.63) is 76.0 Å². The third-order valence-electron chi connectivity index (χ3n) is 5.53. The largest absolute Gasteiger partial charge is 0.497 e. The number of hydrogen-bond acceptors (Lipinski definition) is 8. The first kappa shape index (κ1) is 24.0. The van der Waals surface area contributed by atoms with Crippen LogP contribution < -0.4 is 19.6 Å². The predicted molar refractivity (Wildman–Crippen MR) is 140 cm³/mol. The van der Waals surface area contributed by atoms with Gasteiger partial charge in [0.1, 0.15) is 17.1 Å². The van der Waals surface area contributed by atoms with Crippen molar-refractivity contribution in [1.82, 2.24) is 14.6 Å². The maximum absolute atomic E-state index is 13.4. The van der Waals surface area contributed by atoms with Gasteiger partial charge in [-0.15, -0.1) is 10.2 Å². The molecule has 184 valence electrons. The summed E-state index contributed by atoms with van der Waals surface area (Å²) in [5, 5.41) is 10.0. The van der Waals surface area contributed by atoms with Crippen LogP contribution >= 0.6 is 23.4 Å². The zero-order chi connectivity index (χ0) is 25.1. The molecule has 0 radical (unpaired) electrons. The van der Waals surface area contributed by atoms with E-state index < -0.39 is 0 Å². The number of benzene rings is 2. The number of nitrogens with zero attached hydrogens (tertiary/aromatic N) is 3. The lowest BCUT2D eigenvalue weighted by atomic mass is 10.1. The van der Waals surface area contributed by atoms with E-state index >= 15 is 0 Å². The Morgan fingerprint density at radius 2 is 1.81 bits per heavy atom. The highest BCUT2D eigenvalue weighted by Crippen LogP contribution is 2.33. The molecule has 0 bridgehead atoms. The van der Waals surface area contributed by atoms with Gasteiger partial charge in [0, 0.05) is 23.6 Å². The molecule has 10 heteroatoms. The molecule has 5 rings (SSSR count). The second-order valence-corrected chi connectivity index (χ2v) is 9.23. The van der Waals surface area contributed by atoms with Gasteiger partial charge in [0.25, 0.3) is 0 Å². The first-order valence-electron chi connectivity index (χ1n) is 11.1. The molecule has 0 fully saturated rings. The molecule has 2 aromatic carbocycles. The summed E-state index contributed by atoms with van der Waals surface area (Å²) in [6.45, 7) is 0.320. The number of aromatic nitrogens is 3. The lowest BCUT2D eigenvalue weighted by molar-refractivity contribution is 0.310. The molecule has 0 unspecified atom stereocenters. The summed E-state index contributed by atoms with van der Waals surface area (Å²) in [6, 6.07) is 16.0. The highest BCUT2D eigenvalue weighted by molar-refractivity contribution is 7.99. The van der Waals surface area contributed by atoms with E-state index in [0.717, 1.165) is 5.16 Å². The van der Waals surface area contributed by atoms with Crippen LogP contribution in [0.5, 0.6) is 17.2 Å². The van der Waals surface area contributed by atoms with Crippen molar-refractivity contribution in [3.8, 4) is 28.6 Å². The Kier molecular flexibility index (Phi) is 7.02. The van der Waals surface area contributed by atoms with E-state index in [1.807, 2.05) is 28.8 Å². The van der Waals surface area contributed by atoms with Gasteiger partial charge in [-0.05, 0) is 55.0 Å². The Labute approximate surface area is 215 Å². The maximum Gasteiger partial charge on any atom is 0.235 e. The fourth-order valence-electron chi connectivity index (χ4n) is 3.70. The van der Waals surface area contributed by atoms with E-state index in [1.54, 1.807) is 50.6 Å². The number of ether oxygens (including phenoxy) is 3. The molecular formula is C26H22ClN3O5S. The Morgan fingerprint density at radius 1 is 1.03 bits per heavy atom. The van der Waals surface area contributed by atoms with Crippen LogP contribution in [0.25, 0.3) is 27.9 Å². The van der Waals surface area contributed by atoms with E-state index in [9.17, 15) is 4.79 Å². The smallest absolute Gasteiger partial charge is 0.235 e. The maximum atomic E-state index is 13.4. The Hall–Kier alpha value is -3.69. The van der Waals surface area contributed by atoms with E-state index in [2.05, 4.69) is 10.2 Å². The van der Waals surface area contributed by atoms with Crippen molar-refractivity contribution in [2.45, 2.75) is 11.6 Å². The summed E-state index contributed by atoms with van der Waals surface area (Å²) in [5.41, 5.74) is 1.50. The van der Waals surface area contributed by atoms with Crippen LogP contribution in [0.3, 0.4) is 0 Å². The molecule has 0 atom stereocenters.